The van der Waals surface area contributed by atoms with Crippen molar-refractivity contribution in [2.45, 2.75) is 0 Å². The molecule has 5 rings (SSSR count). The molecule has 0 radical (unpaired) electrons. The molecule has 0 aliphatic carbocycles. The lowest BCUT2D eigenvalue weighted by atomic mass is 10.2. The summed E-state index contributed by atoms with van der Waals surface area (Å²) in [5.74, 6) is 1.35. The van der Waals surface area contributed by atoms with Crippen LogP contribution in [0.15, 0.2) is 91.8 Å². The Bertz CT molecular complexity index is 1350. The van der Waals surface area contributed by atoms with E-state index in [2.05, 4.69) is 25.3 Å². The highest BCUT2D eigenvalue weighted by Crippen LogP contribution is 2.23. The average Bonchev–Trinajstić information content (AvgIpc) is 3.35. The van der Waals surface area contributed by atoms with Crippen LogP contribution in [0.2, 0.25) is 0 Å². The van der Waals surface area contributed by atoms with E-state index in [-0.39, 0.29) is 5.91 Å². The van der Waals surface area contributed by atoms with E-state index in [4.69, 9.17) is 4.74 Å². The van der Waals surface area contributed by atoms with Gasteiger partial charge in [-0.25, -0.2) is 19.9 Å². The number of ether oxygens (including phenoxy) is 1. The topological polar surface area (TPSA) is 94.8 Å². The zero-order chi connectivity index (χ0) is 21.0. The van der Waals surface area contributed by atoms with Crippen molar-refractivity contribution in [1.29, 1.82) is 0 Å². The second-order valence-electron chi connectivity index (χ2n) is 6.65. The number of imidazole rings is 1. The van der Waals surface area contributed by atoms with Crippen LogP contribution < -0.4 is 10.1 Å². The minimum absolute atomic E-state index is 0.278. The van der Waals surface area contributed by atoms with Crippen molar-refractivity contribution in [2.75, 3.05) is 5.32 Å². The third-order valence-corrected chi connectivity index (χ3v) is 4.56. The van der Waals surface area contributed by atoms with Gasteiger partial charge in [0.25, 0.3) is 5.91 Å². The summed E-state index contributed by atoms with van der Waals surface area (Å²) in [5.41, 5.74) is 1.76. The van der Waals surface area contributed by atoms with Gasteiger partial charge in [-0.15, -0.1) is 0 Å². The minimum atomic E-state index is -0.278. The van der Waals surface area contributed by atoms with Crippen LogP contribution in [0.5, 0.6) is 11.6 Å². The van der Waals surface area contributed by atoms with Crippen LogP contribution in [0.4, 0.5) is 5.69 Å². The van der Waals surface area contributed by atoms with Crippen molar-refractivity contribution in [3.8, 4) is 17.4 Å². The van der Waals surface area contributed by atoms with Crippen molar-refractivity contribution < 1.29 is 9.53 Å². The molecule has 1 N–H and O–H groups in total. The number of carbonyl (C=O) groups is 1. The Kier molecular flexibility index (Phi) is 4.78. The van der Waals surface area contributed by atoms with Crippen LogP contribution in [-0.4, -0.2) is 30.4 Å². The number of carbonyl (C=O) groups excluding carboxylic acids is 1. The first-order valence-corrected chi connectivity index (χ1v) is 9.50. The van der Waals surface area contributed by atoms with Crippen molar-refractivity contribution in [2.24, 2.45) is 0 Å². The largest absolute Gasteiger partial charge is 0.439 e. The molecule has 0 aliphatic rings. The van der Waals surface area contributed by atoms with E-state index < -0.39 is 0 Å². The average molecular weight is 408 g/mol. The Morgan fingerprint density at radius 1 is 0.968 bits per heavy atom. The molecule has 3 heterocycles. The molecule has 3 aromatic heterocycles. The van der Waals surface area contributed by atoms with Crippen molar-refractivity contribution in [3.05, 3.63) is 97.5 Å². The highest BCUT2D eigenvalue weighted by molar-refractivity contribution is 6.04. The number of hydrogen-bond donors (Lipinski definition) is 1. The van der Waals surface area contributed by atoms with Gasteiger partial charge < -0.3 is 10.1 Å². The Balaban J connectivity index is 1.27. The maximum atomic E-state index is 12.6. The second-order valence-corrected chi connectivity index (χ2v) is 6.65. The standard InChI is InChI=1S/C23H16N6O2/c30-23(20-10-5-16-3-1-2-4-19(16)28-20)27-17-6-8-18(9-7-17)31-22-13-21(25-14-26-22)29-12-11-24-15-29/h1-15H,(H,27,30). The van der Waals surface area contributed by atoms with Gasteiger partial charge in [-0.05, 0) is 36.4 Å². The van der Waals surface area contributed by atoms with E-state index in [1.807, 2.05) is 30.3 Å². The molecule has 2 aromatic carbocycles. The van der Waals surface area contributed by atoms with E-state index in [0.29, 0.717) is 28.8 Å². The number of fused-ring (bicyclic) bond motifs is 1. The van der Waals surface area contributed by atoms with Gasteiger partial charge in [-0.3, -0.25) is 9.36 Å². The maximum absolute atomic E-state index is 12.6. The Morgan fingerprint density at radius 3 is 2.68 bits per heavy atom. The fraction of sp³-hybridized carbons (Fsp3) is 0. The molecule has 0 saturated carbocycles. The molecule has 0 aliphatic heterocycles. The summed E-state index contributed by atoms with van der Waals surface area (Å²) in [6.45, 7) is 0. The lowest BCUT2D eigenvalue weighted by molar-refractivity contribution is 0.102. The number of benzene rings is 2. The normalized spacial score (nSPS) is 10.7. The maximum Gasteiger partial charge on any atom is 0.274 e. The monoisotopic (exact) mass is 408 g/mol. The van der Waals surface area contributed by atoms with Gasteiger partial charge in [0.15, 0.2) is 0 Å². The molecule has 8 heteroatoms. The summed E-state index contributed by atoms with van der Waals surface area (Å²) in [7, 11) is 0. The molecule has 0 unspecified atom stereocenters. The lowest BCUT2D eigenvalue weighted by Gasteiger charge is -2.08. The smallest absolute Gasteiger partial charge is 0.274 e. The molecule has 0 bridgehead atoms. The van der Waals surface area contributed by atoms with Gasteiger partial charge in [-0.2, -0.15) is 0 Å². The van der Waals surface area contributed by atoms with Crippen LogP contribution >= 0.6 is 0 Å². The number of pyridine rings is 1. The predicted octanol–water partition coefficient (Wildman–Crippen LogP) is 4.26. The summed E-state index contributed by atoms with van der Waals surface area (Å²) < 4.78 is 7.56. The van der Waals surface area contributed by atoms with Gasteiger partial charge in [-0.1, -0.05) is 24.3 Å². The van der Waals surface area contributed by atoms with Crippen molar-refractivity contribution in [3.63, 3.8) is 0 Å². The molecule has 1 amide bonds. The Labute approximate surface area is 177 Å². The molecule has 150 valence electrons. The third-order valence-electron chi connectivity index (χ3n) is 4.56. The molecule has 0 saturated heterocycles. The summed E-state index contributed by atoms with van der Waals surface area (Å²) in [5, 5.41) is 3.84. The highest BCUT2D eigenvalue weighted by Gasteiger charge is 2.09. The number of anilines is 1. The zero-order valence-electron chi connectivity index (χ0n) is 16.2. The van der Waals surface area contributed by atoms with Gasteiger partial charge in [0, 0.05) is 29.5 Å². The van der Waals surface area contributed by atoms with Crippen molar-refractivity contribution >= 4 is 22.5 Å². The first kappa shape index (κ1) is 18.4. The number of aromatic nitrogens is 5. The molecular formula is C23H16N6O2. The summed E-state index contributed by atoms with van der Waals surface area (Å²) in [6, 6.07) is 20.0. The van der Waals surface area contributed by atoms with E-state index in [1.165, 1.54) is 6.33 Å². The fourth-order valence-electron chi connectivity index (χ4n) is 3.04. The van der Waals surface area contributed by atoms with E-state index in [9.17, 15) is 4.79 Å². The summed E-state index contributed by atoms with van der Waals surface area (Å²) >= 11 is 0. The predicted molar refractivity (Wildman–Crippen MR) is 115 cm³/mol. The Morgan fingerprint density at radius 2 is 1.84 bits per heavy atom. The number of nitrogens with zero attached hydrogens (tertiary/aromatic N) is 5. The first-order valence-electron chi connectivity index (χ1n) is 9.50. The lowest BCUT2D eigenvalue weighted by Crippen LogP contribution is -2.13. The molecule has 5 aromatic rings. The van der Waals surface area contributed by atoms with Crippen LogP contribution in [-0.2, 0) is 0 Å². The van der Waals surface area contributed by atoms with Crippen LogP contribution in [0.3, 0.4) is 0 Å². The number of amides is 1. The molecule has 0 spiro atoms. The molecule has 31 heavy (non-hydrogen) atoms. The van der Waals surface area contributed by atoms with Crippen LogP contribution in [0, 0.1) is 0 Å². The zero-order valence-corrected chi connectivity index (χ0v) is 16.2. The number of rotatable bonds is 5. The van der Waals surface area contributed by atoms with Crippen LogP contribution in [0.1, 0.15) is 10.5 Å². The number of nitrogens with one attached hydrogen (secondary N) is 1. The molecule has 8 nitrogen and oxygen atoms in total. The van der Waals surface area contributed by atoms with E-state index in [1.54, 1.807) is 59.7 Å². The second kappa shape index (κ2) is 8.03. The van der Waals surface area contributed by atoms with Gasteiger partial charge in [0.1, 0.15) is 29.9 Å². The highest BCUT2D eigenvalue weighted by atomic mass is 16.5. The number of para-hydroxylation sites is 1. The quantitative estimate of drug-likeness (QED) is 0.467. The van der Waals surface area contributed by atoms with Gasteiger partial charge in [0.05, 0.1) is 5.52 Å². The van der Waals surface area contributed by atoms with Gasteiger partial charge in [0.2, 0.25) is 5.88 Å². The summed E-state index contributed by atoms with van der Waals surface area (Å²) in [6.07, 6.45) is 6.53. The SMILES string of the molecule is O=C(Nc1ccc(Oc2cc(-n3ccnc3)ncn2)cc1)c1ccc2ccccc2n1. The van der Waals surface area contributed by atoms with Crippen LogP contribution in [0.25, 0.3) is 16.7 Å². The molecule has 0 atom stereocenters. The summed E-state index contributed by atoms with van der Waals surface area (Å²) in [4.78, 5) is 29.3. The third kappa shape index (κ3) is 4.08. The molecular weight excluding hydrogens is 392 g/mol. The van der Waals surface area contributed by atoms with E-state index in [0.717, 1.165) is 10.9 Å². The number of hydrogen-bond acceptors (Lipinski definition) is 6. The minimum Gasteiger partial charge on any atom is -0.439 e. The fourth-order valence-corrected chi connectivity index (χ4v) is 3.04. The van der Waals surface area contributed by atoms with Crippen molar-refractivity contribution in [1.82, 2.24) is 24.5 Å². The van der Waals surface area contributed by atoms with Gasteiger partial charge >= 0.3 is 0 Å². The Hall–Kier alpha value is -4.59. The van der Waals surface area contributed by atoms with E-state index >= 15 is 0 Å². The molecule has 0 fully saturated rings. The first-order chi connectivity index (χ1) is 15.2.